The molecule has 4 aliphatic carbocycles. The van der Waals surface area contributed by atoms with Gasteiger partial charge in [0, 0.05) is 16.6 Å². The van der Waals surface area contributed by atoms with Gasteiger partial charge in [-0.1, -0.05) is 13.2 Å². The highest BCUT2D eigenvalue weighted by molar-refractivity contribution is 5.87. The molecule has 23 heavy (non-hydrogen) atoms. The lowest BCUT2D eigenvalue weighted by atomic mass is 9.48. The molecule has 0 aromatic rings. The van der Waals surface area contributed by atoms with Crippen molar-refractivity contribution in [1.82, 2.24) is 0 Å². The van der Waals surface area contributed by atoms with Gasteiger partial charge in [-0.15, -0.1) is 0 Å². The minimum absolute atomic E-state index is 0.0372. The topological polar surface area (TPSA) is 52.6 Å². The van der Waals surface area contributed by atoms with Gasteiger partial charge in [-0.25, -0.2) is 9.59 Å². The molecule has 4 rings (SSSR count). The Morgan fingerprint density at radius 1 is 1.00 bits per heavy atom. The van der Waals surface area contributed by atoms with Gasteiger partial charge in [-0.05, 0) is 64.2 Å². The summed E-state index contributed by atoms with van der Waals surface area (Å²) >= 11 is 0. The third-order valence-corrected chi connectivity index (χ3v) is 5.64. The van der Waals surface area contributed by atoms with Crippen molar-refractivity contribution >= 4 is 11.9 Å². The molecule has 2 unspecified atom stereocenters. The fraction of sp³-hybridized carbons (Fsp3) is 0.684. The summed E-state index contributed by atoms with van der Waals surface area (Å²) in [4.78, 5) is 23.8. The summed E-state index contributed by atoms with van der Waals surface area (Å²) in [5.41, 5.74) is 0.460. The van der Waals surface area contributed by atoms with Gasteiger partial charge in [-0.3, -0.25) is 0 Å². The van der Waals surface area contributed by atoms with Crippen LogP contribution in [0.25, 0.3) is 0 Å². The van der Waals surface area contributed by atoms with Crippen molar-refractivity contribution in [2.24, 2.45) is 17.3 Å². The van der Waals surface area contributed by atoms with Crippen LogP contribution in [0, 0.1) is 17.3 Å². The maximum atomic E-state index is 12.1. The molecule has 0 N–H and O–H groups in total. The largest absolute Gasteiger partial charge is 0.462 e. The molecule has 0 heterocycles. The Bertz CT molecular complexity index is 560. The molecular formula is C19H26O4. The summed E-state index contributed by atoms with van der Waals surface area (Å²) in [6.45, 7) is 11.1. The maximum absolute atomic E-state index is 12.1. The summed E-state index contributed by atoms with van der Waals surface area (Å²) in [5.74, 6) is 0.519. The quantitative estimate of drug-likeness (QED) is 0.574. The molecule has 0 saturated heterocycles. The smallest absolute Gasteiger partial charge is 0.333 e. The van der Waals surface area contributed by atoms with Gasteiger partial charge < -0.3 is 9.47 Å². The monoisotopic (exact) mass is 318 g/mol. The lowest BCUT2D eigenvalue weighted by Crippen LogP contribution is -2.58. The molecular weight excluding hydrogens is 292 g/mol. The number of esters is 2. The standard InChI is InChI=1S/C19H26O4/c1-12(2)16(20)22-11-18-6-14-5-15(7-18)9-19(8-14,10-18)23-17(21)13(3)4/h14-15H,1,3,5-11H2,2,4H3. The molecule has 0 spiro atoms. The van der Waals surface area contributed by atoms with Crippen molar-refractivity contribution in [3.05, 3.63) is 24.3 Å². The van der Waals surface area contributed by atoms with E-state index < -0.39 is 0 Å². The SMILES string of the molecule is C=C(C)C(=O)OCC12CC3CC(C1)CC(OC(=O)C(=C)C)(C3)C2. The Morgan fingerprint density at radius 3 is 2.09 bits per heavy atom. The Morgan fingerprint density at radius 2 is 1.57 bits per heavy atom. The minimum Gasteiger partial charge on any atom is -0.462 e. The number of carbonyl (C=O) groups excluding carboxylic acids is 2. The van der Waals surface area contributed by atoms with E-state index in [1.165, 1.54) is 6.42 Å². The van der Waals surface area contributed by atoms with E-state index >= 15 is 0 Å². The van der Waals surface area contributed by atoms with Crippen molar-refractivity contribution in [3.63, 3.8) is 0 Å². The first kappa shape index (κ1) is 16.3. The molecule has 0 aliphatic heterocycles. The summed E-state index contributed by atoms with van der Waals surface area (Å²) in [5, 5.41) is 0. The first-order valence-corrected chi connectivity index (χ1v) is 8.44. The molecule has 126 valence electrons. The first-order chi connectivity index (χ1) is 10.7. The fourth-order valence-electron chi connectivity index (χ4n) is 5.28. The van der Waals surface area contributed by atoms with Gasteiger partial charge in [0.25, 0.3) is 0 Å². The summed E-state index contributed by atoms with van der Waals surface area (Å²) < 4.78 is 11.4. The third-order valence-electron chi connectivity index (χ3n) is 5.64. The zero-order valence-corrected chi connectivity index (χ0v) is 14.2. The van der Waals surface area contributed by atoms with Gasteiger partial charge in [-0.2, -0.15) is 0 Å². The lowest BCUT2D eigenvalue weighted by Gasteiger charge is -2.60. The fourth-order valence-corrected chi connectivity index (χ4v) is 5.28. The van der Waals surface area contributed by atoms with Crippen molar-refractivity contribution in [3.8, 4) is 0 Å². The molecule has 4 aliphatic rings. The van der Waals surface area contributed by atoms with Crippen LogP contribution in [0.3, 0.4) is 0 Å². The number of carbonyl (C=O) groups is 2. The third kappa shape index (κ3) is 3.08. The average Bonchev–Trinajstić information content (AvgIpc) is 2.42. The zero-order valence-electron chi connectivity index (χ0n) is 14.2. The maximum Gasteiger partial charge on any atom is 0.333 e. The van der Waals surface area contributed by atoms with Crippen molar-refractivity contribution < 1.29 is 19.1 Å². The summed E-state index contributed by atoms with van der Waals surface area (Å²) in [7, 11) is 0. The summed E-state index contributed by atoms with van der Waals surface area (Å²) in [6.07, 6.45) is 6.04. The number of hydrogen-bond acceptors (Lipinski definition) is 4. The summed E-state index contributed by atoms with van der Waals surface area (Å²) in [6, 6.07) is 0. The van der Waals surface area contributed by atoms with E-state index in [-0.39, 0.29) is 23.0 Å². The van der Waals surface area contributed by atoms with Crippen LogP contribution in [-0.4, -0.2) is 24.1 Å². The van der Waals surface area contributed by atoms with Gasteiger partial charge in [0.1, 0.15) is 5.60 Å². The number of ether oxygens (including phenoxy) is 2. The molecule has 4 fully saturated rings. The van der Waals surface area contributed by atoms with Crippen LogP contribution in [0.2, 0.25) is 0 Å². The van der Waals surface area contributed by atoms with Crippen molar-refractivity contribution in [2.45, 2.75) is 58.0 Å². The highest BCUT2D eigenvalue weighted by Gasteiger charge is 2.60. The van der Waals surface area contributed by atoms with Crippen LogP contribution >= 0.6 is 0 Å². The second-order valence-electron chi connectivity index (χ2n) is 8.17. The highest BCUT2D eigenvalue weighted by Crippen LogP contribution is 2.63. The molecule has 4 saturated carbocycles. The lowest BCUT2D eigenvalue weighted by molar-refractivity contribution is -0.207. The molecule has 0 amide bonds. The highest BCUT2D eigenvalue weighted by atomic mass is 16.6. The van der Waals surface area contributed by atoms with Crippen LogP contribution in [0.4, 0.5) is 0 Å². The van der Waals surface area contributed by atoms with E-state index in [0.717, 1.165) is 32.1 Å². The zero-order chi connectivity index (χ0) is 16.8. The van der Waals surface area contributed by atoms with Crippen LogP contribution in [0.1, 0.15) is 52.4 Å². The van der Waals surface area contributed by atoms with E-state index in [4.69, 9.17) is 9.47 Å². The first-order valence-electron chi connectivity index (χ1n) is 8.44. The van der Waals surface area contributed by atoms with Crippen LogP contribution in [0.15, 0.2) is 24.3 Å². The number of rotatable bonds is 5. The van der Waals surface area contributed by atoms with Crippen molar-refractivity contribution in [1.29, 1.82) is 0 Å². The van der Waals surface area contributed by atoms with E-state index in [1.807, 2.05) is 0 Å². The van der Waals surface area contributed by atoms with E-state index in [2.05, 4.69) is 13.2 Å². The normalized spacial score (nSPS) is 37.3. The van der Waals surface area contributed by atoms with E-state index in [9.17, 15) is 9.59 Å². The van der Waals surface area contributed by atoms with E-state index in [1.54, 1.807) is 13.8 Å². The Balaban J connectivity index is 1.76. The molecule has 0 aromatic carbocycles. The molecule has 4 nitrogen and oxygen atoms in total. The molecule has 4 bridgehead atoms. The molecule has 2 atom stereocenters. The van der Waals surface area contributed by atoms with Crippen LogP contribution in [0.5, 0.6) is 0 Å². The molecule has 4 heteroatoms. The Labute approximate surface area is 137 Å². The van der Waals surface area contributed by atoms with Crippen LogP contribution in [-0.2, 0) is 19.1 Å². The van der Waals surface area contributed by atoms with Gasteiger partial charge in [0.05, 0.1) is 6.61 Å². The van der Waals surface area contributed by atoms with Crippen LogP contribution < -0.4 is 0 Å². The van der Waals surface area contributed by atoms with Gasteiger partial charge >= 0.3 is 11.9 Å². The van der Waals surface area contributed by atoms with E-state index in [0.29, 0.717) is 29.6 Å². The second kappa shape index (κ2) is 5.50. The second-order valence-corrected chi connectivity index (χ2v) is 8.17. The van der Waals surface area contributed by atoms with Gasteiger partial charge in [0.2, 0.25) is 0 Å². The van der Waals surface area contributed by atoms with Crippen molar-refractivity contribution in [2.75, 3.05) is 6.61 Å². The minimum atomic E-state index is -0.379. The Hall–Kier alpha value is -1.58. The predicted octanol–water partition coefficient (Wildman–Crippen LogP) is 3.56. The molecule has 0 radical (unpaired) electrons. The Kier molecular flexibility index (Phi) is 3.89. The average molecular weight is 318 g/mol. The predicted molar refractivity (Wildman–Crippen MR) is 86.5 cm³/mol. The number of hydrogen-bond donors (Lipinski definition) is 0. The molecule has 0 aromatic heterocycles. The van der Waals surface area contributed by atoms with Gasteiger partial charge in [0.15, 0.2) is 0 Å².